The molecule has 0 amide bonds. The zero-order valence-electron chi connectivity index (χ0n) is 17.1. The summed E-state index contributed by atoms with van der Waals surface area (Å²) < 4.78 is 5.73. The van der Waals surface area contributed by atoms with Crippen LogP contribution < -0.4 is 0 Å². The second kappa shape index (κ2) is 13.6. The average Bonchev–Trinajstić information content (AvgIpc) is 2.62. The van der Waals surface area contributed by atoms with Crippen molar-refractivity contribution in [2.75, 3.05) is 19.8 Å². The Bertz CT molecular complexity index is 325. The van der Waals surface area contributed by atoms with Crippen molar-refractivity contribution < 1.29 is 19.7 Å². The molecule has 0 saturated heterocycles. The number of aliphatic carboxylic acids is 1. The Morgan fingerprint density at radius 1 is 0.800 bits per heavy atom. The average molecular weight is 359 g/mol. The molecule has 0 aliphatic rings. The number of carboxylic acids is 1. The molecule has 0 heterocycles. The van der Waals surface area contributed by atoms with Gasteiger partial charge in [0.1, 0.15) is 0 Å². The van der Waals surface area contributed by atoms with Gasteiger partial charge in [-0.05, 0) is 62.2 Å². The van der Waals surface area contributed by atoms with Crippen LogP contribution in [0.2, 0.25) is 0 Å². The molecule has 0 spiro atoms. The van der Waals surface area contributed by atoms with E-state index in [9.17, 15) is 9.90 Å². The highest BCUT2D eigenvalue weighted by Gasteiger charge is 2.28. The summed E-state index contributed by atoms with van der Waals surface area (Å²) in [6, 6.07) is 0. The minimum Gasteiger partial charge on any atom is -0.481 e. The fraction of sp³-hybridized carbons (Fsp3) is 0.952. The summed E-state index contributed by atoms with van der Waals surface area (Å²) in [5.41, 5.74) is 0.0630. The van der Waals surface area contributed by atoms with Gasteiger partial charge in [0.2, 0.25) is 0 Å². The minimum absolute atomic E-state index is 0.0419. The molecule has 0 aromatic heterocycles. The molecule has 0 fully saturated rings. The lowest BCUT2D eigenvalue weighted by Gasteiger charge is -2.30. The van der Waals surface area contributed by atoms with Crippen LogP contribution in [0.15, 0.2) is 0 Å². The van der Waals surface area contributed by atoms with Gasteiger partial charge in [-0.25, -0.2) is 0 Å². The predicted molar refractivity (Wildman–Crippen MR) is 104 cm³/mol. The number of aliphatic hydroxyl groups excluding tert-OH is 1. The van der Waals surface area contributed by atoms with Gasteiger partial charge in [0.15, 0.2) is 0 Å². The van der Waals surface area contributed by atoms with Crippen molar-refractivity contribution in [3.8, 4) is 0 Å². The maximum Gasteiger partial charge on any atom is 0.303 e. The van der Waals surface area contributed by atoms with Gasteiger partial charge in [-0.2, -0.15) is 0 Å². The summed E-state index contributed by atoms with van der Waals surface area (Å²) in [5.74, 6) is -0.682. The van der Waals surface area contributed by atoms with Crippen molar-refractivity contribution in [1.82, 2.24) is 0 Å². The topological polar surface area (TPSA) is 66.8 Å². The summed E-state index contributed by atoms with van der Waals surface area (Å²) in [6.45, 7) is 10.4. The smallest absolute Gasteiger partial charge is 0.303 e. The molecular weight excluding hydrogens is 316 g/mol. The Morgan fingerprint density at radius 3 is 1.60 bits per heavy atom. The van der Waals surface area contributed by atoms with Crippen molar-refractivity contribution in [3.63, 3.8) is 0 Å². The lowest BCUT2D eigenvalue weighted by atomic mass is 9.75. The fourth-order valence-electron chi connectivity index (χ4n) is 3.68. The maximum atomic E-state index is 11.1. The summed E-state index contributed by atoms with van der Waals surface area (Å²) in [6.07, 6.45) is 10.5. The van der Waals surface area contributed by atoms with E-state index in [-0.39, 0.29) is 23.9 Å². The standard InChI is InChI=1S/C21H42O4/c1-5-20(6-2,17-19(23)24)13-9-11-15-25-16-12-10-14-21(7-3,8-4)18-22/h22H,5-18H2,1-4H3,(H,23,24). The quantitative estimate of drug-likeness (QED) is 0.341. The van der Waals surface area contributed by atoms with Gasteiger partial charge < -0.3 is 14.9 Å². The van der Waals surface area contributed by atoms with Crippen LogP contribution in [0.5, 0.6) is 0 Å². The van der Waals surface area contributed by atoms with Crippen LogP contribution in [0.1, 0.15) is 98.3 Å². The molecule has 0 unspecified atom stereocenters. The molecule has 4 heteroatoms. The molecular formula is C21H42O4. The highest BCUT2D eigenvalue weighted by Crippen LogP contribution is 2.36. The number of aliphatic hydroxyl groups is 1. The van der Waals surface area contributed by atoms with E-state index in [1.807, 2.05) is 0 Å². The summed E-state index contributed by atoms with van der Waals surface area (Å²) in [7, 11) is 0. The first-order chi connectivity index (χ1) is 11.9. The number of ether oxygens (including phenoxy) is 1. The predicted octanol–water partition coefficient (Wildman–Crippen LogP) is 5.42. The Hall–Kier alpha value is -0.610. The van der Waals surface area contributed by atoms with Gasteiger partial charge in [0, 0.05) is 19.8 Å². The highest BCUT2D eigenvalue weighted by molar-refractivity contribution is 5.67. The van der Waals surface area contributed by atoms with Gasteiger partial charge >= 0.3 is 5.97 Å². The minimum atomic E-state index is -0.682. The molecule has 0 aliphatic heterocycles. The maximum absolute atomic E-state index is 11.1. The van der Waals surface area contributed by atoms with Gasteiger partial charge in [-0.3, -0.25) is 4.79 Å². The Labute approximate surface area is 155 Å². The molecule has 0 aromatic rings. The monoisotopic (exact) mass is 358 g/mol. The van der Waals surface area contributed by atoms with Crippen molar-refractivity contribution in [3.05, 3.63) is 0 Å². The number of rotatable bonds is 17. The lowest BCUT2D eigenvalue weighted by Crippen LogP contribution is -2.23. The van der Waals surface area contributed by atoms with E-state index in [0.717, 1.165) is 77.4 Å². The second-order valence-electron chi connectivity index (χ2n) is 7.67. The normalized spacial score (nSPS) is 12.5. The number of unbranched alkanes of at least 4 members (excludes halogenated alkanes) is 2. The van der Waals surface area contributed by atoms with Crippen LogP contribution in [0.3, 0.4) is 0 Å². The molecule has 4 nitrogen and oxygen atoms in total. The van der Waals surface area contributed by atoms with Gasteiger partial charge in [-0.1, -0.05) is 40.5 Å². The molecule has 0 radical (unpaired) electrons. The van der Waals surface area contributed by atoms with Crippen LogP contribution in [-0.2, 0) is 9.53 Å². The molecule has 0 aliphatic carbocycles. The largest absolute Gasteiger partial charge is 0.481 e. The zero-order chi connectivity index (χ0) is 19.2. The molecule has 0 atom stereocenters. The van der Waals surface area contributed by atoms with E-state index in [1.54, 1.807) is 0 Å². The van der Waals surface area contributed by atoms with Crippen molar-refractivity contribution >= 4 is 5.97 Å². The summed E-state index contributed by atoms with van der Waals surface area (Å²) in [4.78, 5) is 11.1. The van der Waals surface area contributed by atoms with Gasteiger partial charge in [0.05, 0.1) is 6.42 Å². The third kappa shape index (κ3) is 9.60. The van der Waals surface area contributed by atoms with E-state index < -0.39 is 5.97 Å². The van der Waals surface area contributed by atoms with Crippen LogP contribution in [0, 0.1) is 10.8 Å². The molecule has 25 heavy (non-hydrogen) atoms. The molecule has 0 rings (SSSR count). The summed E-state index contributed by atoms with van der Waals surface area (Å²) in [5, 5.41) is 18.7. The number of carboxylic acid groups (broad SMARTS) is 1. The van der Waals surface area contributed by atoms with Crippen molar-refractivity contribution in [2.24, 2.45) is 10.8 Å². The Balaban J connectivity index is 3.81. The molecule has 0 aromatic carbocycles. The van der Waals surface area contributed by atoms with E-state index in [4.69, 9.17) is 9.84 Å². The van der Waals surface area contributed by atoms with Crippen LogP contribution in [0.25, 0.3) is 0 Å². The Morgan fingerprint density at radius 2 is 1.24 bits per heavy atom. The molecule has 0 bridgehead atoms. The van der Waals surface area contributed by atoms with E-state index in [0.29, 0.717) is 0 Å². The first-order valence-electron chi connectivity index (χ1n) is 10.3. The summed E-state index contributed by atoms with van der Waals surface area (Å²) >= 11 is 0. The van der Waals surface area contributed by atoms with Crippen LogP contribution >= 0.6 is 0 Å². The third-order valence-corrected chi connectivity index (χ3v) is 6.35. The van der Waals surface area contributed by atoms with E-state index in [2.05, 4.69) is 27.7 Å². The van der Waals surface area contributed by atoms with Crippen LogP contribution in [0.4, 0.5) is 0 Å². The number of hydrogen-bond donors (Lipinski definition) is 2. The second-order valence-corrected chi connectivity index (χ2v) is 7.67. The number of carbonyl (C=O) groups is 1. The zero-order valence-corrected chi connectivity index (χ0v) is 17.1. The van der Waals surface area contributed by atoms with Gasteiger partial charge in [-0.15, -0.1) is 0 Å². The first-order valence-corrected chi connectivity index (χ1v) is 10.3. The van der Waals surface area contributed by atoms with E-state index in [1.165, 1.54) is 0 Å². The molecule has 2 N–H and O–H groups in total. The van der Waals surface area contributed by atoms with E-state index >= 15 is 0 Å². The highest BCUT2D eigenvalue weighted by atomic mass is 16.5. The van der Waals surface area contributed by atoms with Crippen LogP contribution in [-0.4, -0.2) is 36.0 Å². The molecule has 0 saturated carbocycles. The first kappa shape index (κ1) is 24.4. The SMILES string of the molecule is CCC(CC)(CO)CCCCOCCCCC(CC)(CC)CC(=O)O. The van der Waals surface area contributed by atoms with Gasteiger partial charge in [0.25, 0.3) is 0 Å². The molecule has 150 valence electrons. The van der Waals surface area contributed by atoms with Crippen molar-refractivity contribution in [2.45, 2.75) is 98.3 Å². The number of hydrogen-bond acceptors (Lipinski definition) is 3. The van der Waals surface area contributed by atoms with Crippen molar-refractivity contribution in [1.29, 1.82) is 0 Å². The fourth-order valence-corrected chi connectivity index (χ4v) is 3.68. The Kier molecular flexibility index (Phi) is 13.2. The third-order valence-electron chi connectivity index (χ3n) is 6.35. The lowest BCUT2D eigenvalue weighted by molar-refractivity contribution is -0.140.